The fourth-order valence-electron chi connectivity index (χ4n) is 3.61. The molecular formula is C22H28ClFN2O. The summed E-state index contributed by atoms with van der Waals surface area (Å²) < 4.78 is 19.7. The fourth-order valence-corrected chi connectivity index (χ4v) is 3.83. The van der Waals surface area contributed by atoms with Crippen molar-refractivity contribution in [3.63, 3.8) is 0 Å². The van der Waals surface area contributed by atoms with Gasteiger partial charge in [-0.3, -0.25) is 4.90 Å². The summed E-state index contributed by atoms with van der Waals surface area (Å²) >= 11 is 6.08. The van der Waals surface area contributed by atoms with Crippen LogP contribution in [-0.4, -0.2) is 42.5 Å². The van der Waals surface area contributed by atoms with Gasteiger partial charge >= 0.3 is 0 Å². The van der Waals surface area contributed by atoms with Crippen molar-refractivity contribution in [2.24, 2.45) is 5.92 Å². The van der Waals surface area contributed by atoms with Gasteiger partial charge in [0.15, 0.2) is 0 Å². The van der Waals surface area contributed by atoms with Gasteiger partial charge in [-0.2, -0.15) is 0 Å². The van der Waals surface area contributed by atoms with Crippen LogP contribution in [0.15, 0.2) is 42.5 Å². The smallest absolute Gasteiger partial charge is 0.131 e. The average Bonchev–Trinajstić information content (AvgIpc) is 2.63. The molecule has 1 aliphatic heterocycles. The van der Waals surface area contributed by atoms with Crippen LogP contribution in [0.2, 0.25) is 5.02 Å². The van der Waals surface area contributed by atoms with Crippen LogP contribution in [-0.2, 0) is 13.2 Å². The third-order valence-corrected chi connectivity index (χ3v) is 5.59. The van der Waals surface area contributed by atoms with Crippen molar-refractivity contribution in [1.29, 1.82) is 0 Å². The lowest BCUT2D eigenvalue weighted by Crippen LogP contribution is -2.53. The van der Waals surface area contributed by atoms with E-state index < -0.39 is 0 Å². The Kier molecular flexibility index (Phi) is 6.74. The topological polar surface area (TPSA) is 15.7 Å². The van der Waals surface area contributed by atoms with Crippen LogP contribution in [0.5, 0.6) is 5.75 Å². The van der Waals surface area contributed by atoms with Gasteiger partial charge in [-0.15, -0.1) is 0 Å². The second kappa shape index (κ2) is 9.05. The summed E-state index contributed by atoms with van der Waals surface area (Å²) in [5, 5.41) is 0.392. The third-order valence-electron chi connectivity index (χ3n) is 5.24. The zero-order valence-corrected chi connectivity index (χ0v) is 17.0. The molecule has 1 aliphatic rings. The van der Waals surface area contributed by atoms with Crippen molar-refractivity contribution in [3.05, 3.63) is 64.4 Å². The van der Waals surface area contributed by atoms with Gasteiger partial charge in [0.1, 0.15) is 18.2 Å². The molecule has 1 heterocycles. The first-order chi connectivity index (χ1) is 12.9. The van der Waals surface area contributed by atoms with Crippen molar-refractivity contribution in [3.8, 4) is 5.75 Å². The first-order valence-electron chi connectivity index (χ1n) is 9.51. The number of likely N-dealkylation sites (N-methyl/N-ethyl adjacent to an activating group) is 1. The van der Waals surface area contributed by atoms with Gasteiger partial charge in [-0.05, 0) is 42.8 Å². The molecule has 27 heavy (non-hydrogen) atoms. The molecule has 0 radical (unpaired) electrons. The summed E-state index contributed by atoms with van der Waals surface area (Å²) in [5.41, 5.74) is 1.60. The van der Waals surface area contributed by atoms with E-state index in [2.05, 4.69) is 36.8 Å². The summed E-state index contributed by atoms with van der Waals surface area (Å²) in [6.45, 7) is 8.84. The molecule has 0 bridgehead atoms. The van der Waals surface area contributed by atoms with Gasteiger partial charge in [-0.1, -0.05) is 43.6 Å². The maximum atomic E-state index is 13.9. The third kappa shape index (κ3) is 5.22. The largest absolute Gasteiger partial charge is 0.489 e. The molecular weight excluding hydrogens is 363 g/mol. The van der Waals surface area contributed by atoms with E-state index in [1.165, 1.54) is 11.6 Å². The summed E-state index contributed by atoms with van der Waals surface area (Å²) in [4.78, 5) is 4.95. The molecule has 0 unspecified atom stereocenters. The highest BCUT2D eigenvalue weighted by Crippen LogP contribution is 2.24. The van der Waals surface area contributed by atoms with E-state index in [9.17, 15) is 4.39 Å². The normalized spacial score (nSPS) is 18.8. The van der Waals surface area contributed by atoms with E-state index in [1.807, 2.05) is 18.2 Å². The summed E-state index contributed by atoms with van der Waals surface area (Å²) in [7, 11) is 2.19. The lowest BCUT2D eigenvalue weighted by molar-refractivity contribution is 0.0570. The second-order valence-corrected chi connectivity index (χ2v) is 8.09. The van der Waals surface area contributed by atoms with E-state index >= 15 is 0 Å². The Morgan fingerprint density at radius 3 is 2.70 bits per heavy atom. The summed E-state index contributed by atoms with van der Waals surface area (Å²) in [6, 6.07) is 13.3. The fraction of sp³-hybridized carbons (Fsp3) is 0.455. The molecule has 0 aromatic heterocycles. The lowest BCUT2D eigenvalue weighted by Gasteiger charge is -2.42. The molecule has 1 saturated heterocycles. The van der Waals surface area contributed by atoms with E-state index in [0.29, 0.717) is 22.5 Å². The van der Waals surface area contributed by atoms with Gasteiger partial charge in [0.05, 0.1) is 5.02 Å². The maximum Gasteiger partial charge on any atom is 0.131 e. The Hall–Kier alpha value is -1.62. The van der Waals surface area contributed by atoms with Crippen LogP contribution in [0, 0.1) is 11.7 Å². The number of nitrogens with zero attached hydrogens (tertiary/aromatic N) is 2. The number of ether oxygens (including phenoxy) is 1. The number of hydrogen-bond donors (Lipinski definition) is 0. The number of rotatable bonds is 6. The molecule has 0 N–H and O–H groups in total. The molecule has 0 amide bonds. The van der Waals surface area contributed by atoms with Gasteiger partial charge in [0, 0.05) is 37.8 Å². The molecule has 3 rings (SSSR count). The van der Waals surface area contributed by atoms with Crippen LogP contribution >= 0.6 is 11.6 Å². The van der Waals surface area contributed by atoms with E-state index in [0.717, 1.165) is 31.9 Å². The molecule has 2 aromatic carbocycles. The number of piperazine rings is 1. The first kappa shape index (κ1) is 20.1. The Morgan fingerprint density at radius 2 is 1.96 bits per heavy atom. The zero-order chi connectivity index (χ0) is 19.4. The molecule has 0 saturated carbocycles. The molecule has 146 valence electrons. The predicted molar refractivity (Wildman–Crippen MR) is 109 cm³/mol. The van der Waals surface area contributed by atoms with Crippen LogP contribution in [0.1, 0.15) is 25.0 Å². The molecule has 3 nitrogen and oxygen atoms in total. The Morgan fingerprint density at radius 1 is 1.19 bits per heavy atom. The average molecular weight is 391 g/mol. The Balaban J connectivity index is 1.66. The van der Waals surface area contributed by atoms with Crippen LogP contribution in [0.3, 0.4) is 0 Å². The minimum absolute atomic E-state index is 0.123. The van der Waals surface area contributed by atoms with Crippen molar-refractivity contribution >= 4 is 11.6 Å². The van der Waals surface area contributed by atoms with Gasteiger partial charge in [0.2, 0.25) is 0 Å². The molecule has 5 heteroatoms. The molecule has 2 aromatic rings. The highest BCUT2D eigenvalue weighted by Gasteiger charge is 2.27. The lowest BCUT2D eigenvalue weighted by atomic mass is 9.99. The van der Waals surface area contributed by atoms with Crippen LogP contribution in [0.25, 0.3) is 0 Å². The summed E-state index contributed by atoms with van der Waals surface area (Å²) in [5.74, 6) is 1.01. The van der Waals surface area contributed by atoms with Crippen LogP contribution < -0.4 is 4.74 Å². The van der Waals surface area contributed by atoms with Crippen molar-refractivity contribution in [1.82, 2.24) is 9.80 Å². The zero-order valence-electron chi connectivity index (χ0n) is 16.3. The van der Waals surface area contributed by atoms with Gasteiger partial charge in [-0.25, -0.2) is 4.39 Å². The van der Waals surface area contributed by atoms with Crippen molar-refractivity contribution in [2.45, 2.75) is 33.0 Å². The van der Waals surface area contributed by atoms with E-state index in [-0.39, 0.29) is 12.4 Å². The Labute approximate surface area is 166 Å². The Bertz CT molecular complexity index is 747. The second-order valence-electron chi connectivity index (χ2n) is 7.68. The SMILES string of the molecule is CC(C)[C@H]1CN(C)CCN1Cc1cccc(OCc2c(F)cccc2Cl)c1. The predicted octanol–water partition coefficient (Wildman–Crippen LogP) is 4.83. The quantitative estimate of drug-likeness (QED) is 0.702. The molecule has 1 fully saturated rings. The van der Waals surface area contributed by atoms with Crippen LogP contribution in [0.4, 0.5) is 4.39 Å². The molecule has 0 aliphatic carbocycles. The number of benzene rings is 2. The maximum absolute atomic E-state index is 13.9. The minimum Gasteiger partial charge on any atom is -0.489 e. The van der Waals surface area contributed by atoms with Gasteiger partial charge in [0.25, 0.3) is 0 Å². The number of halogens is 2. The molecule has 0 spiro atoms. The minimum atomic E-state index is -0.337. The van der Waals surface area contributed by atoms with E-state index in [1.54, 1.807) is 12.1 Å². The molecule has 1 atom stereocenters. The number of hydrogen-bond acceptors (Lipinski definition) is 3. The monoisotopic (exact) mass is 390 g/mol. The van der Waals surface area contributed by atoms with Gasteiger partial charge < -0.3 is 9.64 Å². The van der Waals surface area contributed by atoms with Crippen molar-refractivity contribution < 1.29 is 9.13 Å². The highest BCUT2D eigenvalue weighted by molar-refractivity contribution is 6.31. The van der Waals surface area contributed by atoms with E-state index in [4.69, 9.17) is 16.3 Å². The first-order valence-corrected chi connectivity index (χ1v) is 9.89. The summed E-state index contributed by atoms with van der Waals surface area (Å²) in [6.07, 6.45) is 0. The van der Waals surface area contributed by atoms with Crippen molar-refractivity contribution in [2.75, 3.05) is 26.7 Å². The highest BCUT2D eigenvalue weighted by atomic mass is 35.5. The standard InChI is InChI=1S/C22H28ClFN2O/c1-16(2)22-14-25(3)10-11-26(22)13-17-6-4-7-18(12-17)27-15-19-20(23)8-5-9-21(19)24/h4-9,12,16,22H,10-11,13-15H2,1-3H3/t22-/m1/s1.